The van der Waals surface area contributed by atoms with Crippen molar-refractivity contribution in [2.75, 3.05) is 30.0 Å². The van der Waals surface area contributed by atoms with Crippen LogP contribution in [0, 0.1) is 0 Å². The molecule has 2 atom stereocenters. The van der Waals surface area contributed by atoms with Gasteiger partial charge in [-0.1, -0.05) is 0 Å². The Morgan fingerprint density at radius 2 is 2.03 bits per heavy atom. The third-order valence-corrected chi connectivity index (χ3v) is 5.17. The fourth-order valence-corrected chi connectivity index (χ4v) is 3.41. The number of aromatic nitrogens is 3. The standard InChI is InChI=1S/C17H21F2N5O4S/c1-9-8-27-10(2)7-24(9)14-5-12(22-17(23-14)29(3,25)26)11-4-13(28-16(18)19)15(20)21-6-11/h4-6,9-10,16H,7-8H2,1-3H3,(H2,20,21)/t9-,10-/m0/s1. The summed E-state index contributed by atoms with van der Waals surface area (Å²) < 4.78 is 59.5. The molecule has 2 N–H and O–H groups in total. The number of halogens is 2. The van der Waals surface area contributed by atoms with Crippen molar-refractivity contribution in [3.63, 3.8) is 0 Å². The van der Waals surface area contributed by atoms with Crippen LogP contribution in [0.2, 0.25) is 0 Å². The summed E-state index contributed by atoms with van der Waals surface area (Å²) in [7, 11) is -3.74. The maximum absolute atomic E-state index is 12.6. The number of ether oxygens (including phenoxy) is 2. The number of anilines is 2. The Labute approximate surface area is 166 Å². The molecule has 158 valence electrons. The lowest BCUT2D eigenvalue weighted by molar-refractivity contribution is -0.0494. The number of nitrogens with zero attached hydrogens (tertiary/aromatic N) is 4. The Morgan fingerprint density at radius 1 is 1.31 bits per heavy atom. The van der Waals surface area contributed by atoms with Crippen molar-refractivity contribution in [3.05, 3.63) is 18.3 Å². The van der Waals surface area contributed by atoms with Crippen LogP contribution in [0.5, 0.6) is 5.75 Å². The summed E-state index contributed by atoms with van der Waals surface area (Å²) in [5.74, 6) is -0.166. The maximum atomic E-state index is 12.6. The SMILES string of the molecule is C[C@H]1CN(c2cc(-c3cnc(N)c(OC(F)F)c3)nc(S(C)(=O)=O)n2)[C@@H](C)CO1. The zero-order valence-electron chi connectivity index (χ0n) is 16.0. The molecule has 0 spiro atoms. The molecule has 0 aromatic carbocycles. The fraction of sp³-hybridized carbons (Fsp3) is 0.471. The van der Waals surface area contributed by atoms with E-state index in [0.717, 1.165) is 6.26 Å². The highest BCUT2D eigenvalue weighted by Gasteiger charge is 2.27. The van der Waals surface area contributed by atoms with Crippen molar-refractivity contribution in [1.82, 2.24) is 15.0 Å². The van der Waals surface area contributed by atoms with E-state index in [2.05, 4.69) is 19.7 Å². The molecule has 0 amide bonds. The van der Waals surface area contributed by atoms with E-state index in [0.29, 0.717) is 19.0 Å². The van der Waals surface area contributed by atoms with Gasteiger partial charge < -0.3 is 20.1 Å². The monoisotopic (exact) mass is 429 g/mol. The summed E-state index contributed by atoms with van der Waals surface area (Å²) in [5, 5.41) is -0.385. The van der Waals surface area contributed by atoms with Crippen LogP contribution in [0.15, 0.2) is 23.5 Å². The van der Waals surface area contributed by atoms with Crippen molar-refractivity contribution in [1.29, 1.82) is 0 Å². The second-order valence-corrected chi connectivity index (χ2v) is 8.71. The third-order valence-electron chi connectivity index (χ3n) is 4.32. The molecule has 1 fully saturated rings. The van der Waals surface area contributed by atoms with Gasteiger partial charge in [-0.15, -0.1) is 0 Å². The van der Waals surface area contributed by atoms with Crippen LogP contribution in [0.1, 0.15) is 13.8 Å². The minimum Gasteiger partial charge on any atom is -0.431 e. The number of morpholine rings is 1. The maximum Gasteiger partial charge on any atom is 0.387 e. The number of pyridine rings is 1. The Morgan fingerprint density at radius 3 is 2.69 bits per heavy atom. The molecule has 1 aliphatic heterocycles. The number of sulfone groups is 1. The van der Waals surface area contributed by atoms with Crippen LogP contribution in [-0.2, 0) is 14.6 Å². The molecule has 9 nitrogen and oxygen atoms in total. The number of nitrogen functional groups attached to an aromatic ring is 1. The molecule has 0 unspecified atom stereocenters. The van der Waals surface area contributed by atoms with Crippen molar-refractivity contribution in [2.45, 2.75) is 37.8 Å². The van der Waals surface area contributed by atoms with Gasteiger partial charge in [0.25, 0.3) is 0 Å². The summed E-state index contributed by atoms with van der Waals surface area (Å²) in [6.07, 6.45) is 2.22. The first kappa shape index (κ1) is 21.1. The predicted octanol–water partition coefficient (Wildman–Crippen LogP) is 1.74. The number of nitrogens with two attached hydrogens (primary N) is 1. The van der Waals surface area contributed by atoms with Crippen LogP contribution >= 0.6 is 0 Å². The van der Waals surface area contributed by atoms with Gasteiger partial charge >= 0.3 is 6.61 Å². The lowest BCUT2D eigenvalue weighted by atomic mass is 10.1. The van der Waals surface area contributed by atoms with Crippen LogP contribution in [0.25, 0.3) is 11.3 Å². The molecule has 2 aromatic rings. The quantitative estimate of drug-likeness (QED) is 0.709. The van der Waals surface area contributed by atoms with E-state index >= 15 is 0 Å². The van der Waals surface area contributed by atoms with Crippen molar-refractivity contribution in [3.8, 4) is 17.0 Å². The van der Waals surface area contributed by atoms with Crippen molar-refractivity contribution in [2.24, 2.45) is 0 Å². The number of alkyl halides is 2. The molecule has 3 heterocycles. The molecule has 0 aliphatic carbocycles. The summed E-state index contributed by atoms with van der Waals surface area (Å²) >= 11 is 0. The van der Waals surface area contributed by atoms with Gasteiger partial charge in [-0.3, -0.25) is 0 Å². The van der Waals surface area contributed by atoms with Gasteiger partial charge in [-0.05, 0) is 19.9 Å². The first-order valence-corrected chi connectivity index (χ1v) is 10.6. The van der Waals surface area contributed by atoms with Crippen molar-refractivity contribution < 1.29 is 26.7 Å². The van der Waals surface area contributed by atoms with Gasteiger partial charge in [-0.2, -0.15) is 8.78 Å². The Bertz CT molecular complexity index is 1010. The van der Waals surface area contributed by atoms with Crippen molar-refractivity contribution >= 4 is 21.5 Å². The first-order valence-electron chi connectivity index (χ1n) is 8.72. The average molecular weight is 429 g/mol. The van der Waals surface area contributed by atoms with Crippen LogP contribution in [0.3, 0.4) is 0 Å². The average Bonchev–Trinajstić information content (AvgIpc) is 2.64. The van der Waals surface area contributed by atoms with Crippen LogP contribution < -0.4 is 15.4 Å². The lowest BCUT2D eigenvalue weighted by Gasteiger charge is -2.37. The minimum atomic E-state index is -3.74. The Kier molecular flexibility index (Phi) is 5.85. The van der Waals surface area contributed by atoms with Gasteiger partial charge in [0.05, 0.1) is 24.4 Å². The van der Waals surface area contributed by atoms with E-state index in [1.54, 1.807) is 6.07 Å². The fourth-order valence-electron chi connectivity index (χ4n) is 2.88. The van der Waals surface area contributed by atoms with E-state index < -0.39 is 16.4 Å². The number of hydrogen-bond acceptors (Lipinski definition) is 9. The molecule has 12 heteroatoms. The largest absolute Gasteiger partial charge is 0.431 e. The van der Waals surface area contributed by atoms with E-state index in [1.807, 2.05) is 18.7 Å². The molecule has 3 rings (SSSR count). The predicted molar refractivity (Wildman–Crippen MR) is 102 cm³/mol. The number of rotatable bonds is 5. The van der Waals surface area contributed by atoms with Crippen LogP contribution in [0.4, 0.5) is 20.4 Å². The van der Waals surface area contributed by atoms with Crippen LogP contribution in [-0.4, -0.2) is 61.5 Å². The second kappa shape index (κ2) is 8.03. The molecule has 0 saturated carbocycles. The summed E-state index contributed by atoms with van der Waals surface area (Å²) in [5.41, 5.74) is 6.02. The summed E-state index contributed by atoms with van der Waals surface area (Å²) in [4.78, 5) is 14.0. The number of hydrogen-bond donors (Lipinski definition) is 1. The second-order valence-electron chi connectivity index (χ2n) is 6.80. The van der Waals surface area contributed by atoms with Gasteiger partial charge in [0, 0.05) is 30.6 Å². The Balaban J connectivity index is 2.12. The molecule has 2 aromatic heterocycles. The zero-order valence-corrected chi connectivity index (χ0v) is 16.9. The van der Waals surface area contributed by atoms with Gasteiger partial charge in [0.1, 0.15) is 5.82 Å². The van der Waals surface area contributed by atoms with E-state index in [4.69, 9.17) is 10.5 Å². The molecular weight excluding hydrogens is 408 g/mol. The minimum absolute atomic E-state index is 0.0522. The van der Waals surface area contributed by atoms with E-state index in [1.165, 1.54) is 12.3 Å². The third kappa shape index (κ3) is 4.88. The molecule has 0 radical (unpaired) electrons. The van der Waals surface area contributed by atoms with Gasteiger partial charge in [-0.25, -0.2) is 23.4 Å². The molecule has 0 bridgehead atoms. The topological polar surface area (TPSA) is 121 Å². The summed E-state index contributed by atoms with van der Waals surface area (Å²) in [6.45, 7) is 1.69. The normalized spacial score (nSPS) is 20.1. The molecule has 1 saturated heterocycles. The van der Waals surface area contributed by atoms with E-state index in [9.17, 15) is 17.2 Å². The highest BCUT2D eigenvalue weighted by molar-refractivity contribution is 7.90. The highest BCUT2D eigenvalue weighted by atomic mass is 32.2. The summed E-state index contributed by atoms with van der Waals surface area (Å²) in [6, 6.07) is 2.75. The lowest BCUT2D eigenvalue weighted by Crippen LogP contribution is -2.48. The smallest absolute Gasteiger partial charge is 0.387 e. The highest BCUT2D eigenvalue weighted by Crippen LogP contribution is 2.30. The molecule has 29 heavy (non-hydrogen) atoms. The zero-order chi connectivity index (χ0) is 21.3. The van der Waals surface area contributed by atoms with E-state index in [-0.39, 0.29) is 40.1 Å². The van der Waals surface area contributed by atoms with Gasteiger partial charge in [0.15, 0.2) is 11.6 Å². The molecular formula is C17H21F2N5O4S. The Hall–Kier alpha value is -2.60. The molecule has 1 aliphatic rings. The van der Waals surface area contributed by atoms with Gasteiger partial charge in [0.2, 0.25) is 15.0 Å². The first-order chi connectivity index (χ1) is 13.5.